The Bertz CT molecular complexity index is 1720. The molecule has 3 aromatic heterocycles. The Labute approximate surface area is 186 Å². The fourth-order valence-corrected chi connectivity index (χ4v) is 6.39. The van der Waals surface area contributed by atoms with Gasteiger partial charge in [-0.15, -0.1) is 0 Å². The van der Waals surface area contributed by atoms with Crippen LogP contribution in [0.1, 0.15) is 48.3 Å². The summed E-state index contributed by atoms with van der Waals surface area (Å²) < 4.78 is 19.1. The van der Waals surface area contributed by atoms with Gasteiger partial charge in [0.25, 0.3) is 0 Å². The van der Waals surface area contributed by atoms with Crippen LogP contribution in [0.5, 0.6) is 0 Å². The fraction of sp³-hybridized carbons (Fsp3) is 0.276. The van der Waals surface area contributed by atoms with E-state index in [1.54, 1.807) is 12.1 Å². The predicted molar refractivity (Wildman–Crippen MR) is 130 cm³/mol. The van der Waals surface area contributed by atoms with Crippen molar-refractivity contribution >= 4 is 49.0 Å². The van der Waals surface area contributed by atoms with Crippen LogP contribution >= 0.6 is 0 Å². The molecule has 1 saturated carbocycles. The summed E-state index contributed by atoms with van der Waals surface area (Å²) in [5.41, 5.74) is 8.67. The fourth-order valence-electron chi connectivity index (χ4n) is 6.39. The Hall–Kier alpha value is -3.20. The zero-order valence-corrected chi connectivity index (χ0v) is 18.8. The molecule has 0 unspecified atom stereocenters. The number of halogens is 1. The normalized spacial score (nSPS) is 15.5. The quantitative estimate of drug-likeness (QED) is 0.150. The van der Waals surface area contributed by atoms with Crippen LogP contribution in [0.25, 0.3) is 49.0 Å². The first-order valence-electron chi connectivity index (χ1n) is 11.7. The van der Waals surface area contributed by atoms with E-state index in [1.807, 2.05) is 6.07 Å². The van der Waals surface area contributed by atoms with E-state index in [0.717, 1.165) is 10.9 Å². The Balaban J connectivity index is 1.84. The summed E-state index contributed by atoms with van der Waals surface area (Å²) in [4.78, 5) is 0. The lowest BCUT2D eigenvalue weighted by atomic mass is 9.92. The van der Waals surface area contributed by atoms with Crippen molar-refractivity contribution in [2.24, 2.45) is 7.05 Å². The van der Waals surface area contributed by atoms with Crippen LogP contribution in [0.2, 0.25) is 0 Å². The molecule has 0 N–H and O–H groups in total. The summed E-state index contributed by atoms with van der Waals surface area (Å²) in [6.07, 6.45) is 7.37. The van der Waals surface area contributed by atoms with Gasteiger partial charge in [-0.3, -0.25) is 0 Å². The van der Waals surface area contributed by atoms with Crippen molar-refractivity contribution in [3.63, 3.8) is 0 Å². The molecule has 158 valence electrons. The second kappa shape index (κ2) is 6.19. The van der Waals surface area contributed by atoms with Crippen molar-refractivity contribution < 1.29 is 8.96 Å². The first-order valence-corrected chi connectivity index (χ1v) is 11.7. The number of fused-ring (bicyclic) bond motifs is 5. The molecule has 3 heteroatoms. The summed E-state index contributed by atoms with van der Waals surface area (Å²) >= 11 is 0. The number of aryl methyl sites for hydroxylation is 3. The molecule has 6 aromatic rings. The first kappa shape index (κ1) is 18.4. The number of aromatic nitrogens is 2. The van der Waals surface area contributed by atoms with Crippen LogP contribution in [0.15, 0.2) is 48.7 Å². The lowest BCUT2D eigenvalue weighted by Crippen LogP contribution is -2.29. The van der Waals surface area contributed by atoms with Crippen molar-refractivity contribution in [2.75, 3.05) is 0 Å². The standard InChI is InChI=1S/C29H26FN2/c1-16-12-23-22-9-8-21(30)15-24(22)32-25-14-20(18-6-4-5-7-18)13-19-10-11-31(3)29(27(19)25)26(17(16)2)28(23)32/h8-15,18H,4-7H2,1-3H3/q+1. The lowest BCUT2D eigenvalue weighted by molar-refractivity contribution is -0.643. The van der Waals surface area contributed by atoms with Crippen LogP contribution in [0, 0.1) is 19.7 Å². The highest BCUT2D eigenvalue weighted by Crippen LogP contribution is 2.43. The van der Waals surface area contributed by atoms with Gasteiger partial charge in [-0.2, -0.15) is 0 Å². The zero-order valence-electron chi connectivity index (χ0n) is 18.8. The van der Waals surface area contributed by atoms with E-state index in [9.17, 15) is 4.39 Å². The van der Waals surface area contributed by atoms with Crippen LogP contribution in [0.4, 0.5) is 4.39 Å². The first-order chi connectivity index (χ1) is 15.5. The summed E-state index contributed by atoms with van der Waals surface area (Å²) in [7, 11) is 2.15. The van der Waals surface area contributed by atoms with E-state index in [0.29, 0.717) is 5.92 Å². The van der Waals surface area contributed by atoms with Gasteiger partial charge in [0.1, 0.15) is 12.9 Å². The van der Waals surface area contributed by atoms with Gasteiger partial charge in [0, 0.05) is 16.8 Å². The number of nitrogens with zero attached hydrogens (tertiary/aromatic N) is 2. The zero-order chi connectivity index (χ0) is 21.7. The molecule has 3 heterocycles. The van der Waals surface area contributed by atoms with Crippen LogP contribution in [0.3, 0.4) is 0 Å². The molecular weight excluding hydrogens is 395 g/mol. The van der Waals surface area contributed by atoms with Gasteiger partial charge in [0.15, 0.2) is 6.20 Å². The van der Waals surface area contributed by atoms with Crippen molar-refractivity contribution in [1.29, 1.82) is 0 Å². The third kappa shape index (κ3) is 2.21. The van der Waals surface area contributed by atoms with Gasteiger partial charge in [-0.1, -0.05) is 18.9 Å². The monoisotopic (exact) mass is 421 g/mol. The second-order valence-corrected chi connectivity index (χ2v) is 9.85. The van der Waals surface area contributed by atoms with E-state index in [2.05, 4.69) is 60.3 Å². The number of benzene rings is 3. The van der Waals surface area contributed by atoms with Gasteiger partial charge in [0.05, 0.1) is 27.3 Å². The number of hydrogen-bond acceptors (Lipinski definition) is 0. The molecule has 32 heavy (non-hydrogen) atoms. The third-order valence-electron chi connectivity index (χ3n) is 8.08. The SMILES string of the molecule is Cc1cc2c3ccc(F)cc3n3c4cc(C5CCCC5)cc5cc[n+](C)c(c(c1C)c23)c54. The third-order valence-corrected chi connectivity index (χ3v) is 8.08. The molecule has 0 saturated heterocycles. The van der Waals surface area contributed by atoms with E-state index in [1.165, 1.54) is 80.5 Å². The van der Waals surface area contributed by atoms with Gasteiger partial charge in [-0.05, 0) is 85.0 Å². The molecule has 0 bridgehead atoms. The molecule has 7 rings (SSSR count). The molecule has 1 aliphatic carbocycles. The summed E-state index contributed by atoms with van der Waals surface area (Å²) in [5.74, 6) is 0.447. The predicted octanol–water partition coefficient (Wildman–Crippen LogP) is 7.23. The van der Waals surface area contributed by atoms with Crippen LogP contribution < -0.4 is 4.57 Å². The molecule has 0 amide bonds. The van der Waals surface area contributed by atoms with Crippen molar-refractivity contribution in [3.05, 3.63) is 71.2 Å². The average Bonchev–Trinajstić information content (AvgIpc) is 3.42. The minimum Gasteiger partial charge on any atom is -0.307 e. The maximum atomic E-state index is 14.5. The van der Waals surface area contributed by atoms with Gasteiger partial charge in [0.2, 0.25) is 5.52 Å². The highest BCUT2D eigenvalue weighted by molar-refractivity contribution is 6.26. The molecular formula is C29H26FN2+. The van der Waals surface area contributed by atoms with Crippen LogP contribution in [-0.4, -0.2) is 4.40 Å². The Morgan fingerprint density at radius 1 is 0.906 bits per heavy atom. The minimum absolute atomic E-state index is 0.181. The van der Waals surface area contributed by atoms with Gasteiger partial charge < -0.3 is 4.40 Å². The molecule has 0 atom stereocenters. The van der Waals surface area contributed by atoms with E-state index in [-0.39, 0.29) is 5.82 Å². The number of pyridine rings is 2. The molecule has 0 spiro atoms. The molecule has 0 aliphatic heterocycles. The highest BCUT2D eigenvalue weighted by Gasteiger charge is 2.26. The van der Waals surface area contributed by atoms with Crippen molar-refractivity contribution in [1.82, 2.24) is 4.40 Å². The maximum Gasteiger partial charge on any atom is 0.224 e. The Kier molecular flexibility index (Phi) is 3.55. The topological polar surface area (TPSA) is 8.29 Å². The molecule has 3 aromatic carbocycles. The van der Waals surface area contributed by atoms with E-state index < -0.39 is 0 Å². The molecule has 2 nitrogen and oxygen atoms in total. The average molecular weight is 422 g/mol. The van der Waals surface area contributed by atoms with Gasteiger partial charge >= 0.3 is 0 Å². The minimum atomic E-state index is -0.181. The van der Waals surface area contributed by atoms with E-state index in [4.69, 9.17) is 0 Å². The second-order valence-electron chi connectivity index (χ2n) is 9.85. The van der Waals surface area contributed by atoms with Crippen molar-refractivity contribution in [3.8, 4) is 0 Å². The molecule has 1 aliphatic rings. The Morgan fingerprint density at radius 3 is 2.53 bits per heavy atom. The van der Waals surface area contributed by atoms with Crippen LogP contribution in [-0.2, 0) is 7.05 Å². The largest absolute Gasteiger partial charge is 0.307 e. The maximum absolute atomic E-state index is 14.5. The molecule has 0 radical (unpaired) electrons. The lowest BCUT2D eigenvalue weighted by Gasteiger charge is -2.17. The van der Waals surface area contributed by atoms with Gasteiger partial charge in [-0.25, -0.2) is 8.96 Å². The van der Waals surface area contributed by atoms with Crippen molar-refractivity contribution in [2.45, 2.75) is 45.4 Å². The summed E-state index contributed by atoms with van der Waals surface area (Å²) in [6.45, 7) is 4.42. The summed E-state index contributed by atoms with van der Waals surface area (Å²) in [5, 5.41) is 6.19. The smallest absolute Gasteiger partial charge is 0.224 e. The highest BCUT2D eigenvalue weighted by atomic mass is 19.1. The molecule has 1 fully saturated rings. The number of hydrogen-bond donors (Lipinski definition) is 0. The van der Waals surface area contributed by atoms with E-state index >= 15 is 0 Å². The summed E-state index contributed by atoms with van der Waals surface area (Å²) in [6, 6.07) is 14.6. The number of rotatable bonds is 1. The Morgan fingerprint density at radius 2 is 1.72 bits per heavy atom.